The Bertz CT molecular complexity index is 870. The molecule has 0 saturated heterocycles. The van der Waals surface area contributed by atoms with E-state index in [1.807, 2.05) is 0 Å². The Hall–Kier alpha value is -2.47. The number of thiophene rings is 1. The van der Waals surface area contributed by atoms with Crippen LogP contribution in [0.1, 0.15) is 59.0 Å². The minimum absolute atomic E-state index is 0.268. The molecule has 27 heavy (non-hydrogen) atoms. The maximum absolute atomic E-state index is 13.0. The number of halogens is 1. The molecule has 1 aromatic heterocycles. The smallest absolute Gasteiger partial charge is 0.341 e. The summed E-state index contributed by atoms with van der Waals surface area (Å²) in [6.07, 6.45) is 6.00. The molecule has 0 aliphatic heterocycles. The van der Waals surface area contributed by atoms with Crippen molar-refractivity contribution in [2.45, 2.75) is 39.0 Å². The van der Waals surface area contributed by atoms with Crippen LogP contribution in [0, 0.1) is 5.82 Å². The normalized spacial score (nSPS) is 16.2. The molecule has 0 fully saturated rings. The van der Waals surface area contributed by atoms with Gasteiger partial charge in [0.05, 0.1) is 12.2 Å². The highest BCUT2D eigenvalue weighted by atomic mass is 32.1. The average molecular weight is 387 g/mol. The van der Waals surface area contributed by atoms with Crippen LogP contribution in [0.25, 0.3) is 6.08 Å². The number of rotatable bonds is 5. The number of aryl methyl sites for hydroxylation is 1. The van der Waals surface area contributed by atoms with E-state index >= 15 is 0 Å². The van der Waals surface area contributed by atoms with Crippen molar-refractivity contribution in [2.24, 2.45) is 0 Å². The van der Waals surface area contributed by atoms with Crippen LogP contribution in [0.3, 0.4) is 0 Å². The van der Waals surface area contributed by atoms with Gasteiger partial charge in [0.25, 0.3) is 0 Å². The first kappa shape index (κ1) is 19.3. The Balaban J connectivity index is 1.84. The predicted molar refractivity (Wildman–Crippen MR) is 106 cm³/mol. The van der Waals surface area contributed by atoms with E-state index in [-0.39, 0.29) is 30.2 Å². The van der Waals surface area contributed by atoms with E-state index in [2.05, 4.69) is 12.2 Å². The fourth-order valence-corrected chi connectivity index (χ4v) is 4.66. The third-order valence-electron chi connectivity index (χ3n) is 4.57. The van der Waals surface area contributed by atoms with E-state index < -0.39 is 0 Å². The van der Waals surface area contributed by atoms with Crippen molar-refractivity contribution in [1.82, 2.24) is 0 Å². The lowest BCUT2D eigenvalue weighted by atomic mass is 9.86. The van der Waals surface area contributed by atoms with Crippen LogP contribution >= 0.6 is 11.3 Å². The van der Waals surface area contributed by atoms with Crippen molar-refractivity contribution >= 4 is 34.3 Å². The van der Waals surface area contributed by atoms with Crippen LogP contribution in [-0.2, 0) is 16.0 Å². The molecule has 2 aromatic rings. The lowest BCUT2D eigenvalue weighted by Crippen LogP contribution is -2.15. The number of anilines is 1. The fourth-order valence-electron chi connectivity index (χ4n) is 3.30. The van der Waals surface area contributed by atoms with Gasteiger partial charge in [-0.05, 0) is 61.4 Å². The number of ether oxygens (including phenoxy) is 1. The first-order valence-electron chi connectivity index (χ1n) is 9.07. The molecule has 1 aliphatic rings. The van der Waals surface area contributed by atoms with Gasteiger partial charge in [-0.15, -0.1) is 11.3 Å². The summed E-state index contributed by atoms with van der Waals surface area (Å²) in [4.78, 5) is 26.0. The van der Waals surface area contributed by atoms with Crippen molar-refractivity contribution in [3.05, 3.63) is 57.7 Å². The van der Waals surface area contributed by atoms with Crippen molar-refractivity contribution in [2.75, 3.05) is 11.9 Å². The zero-order chi connectivity index (χ0) is 19.4. The molecule has 1 amide bonds. The summed E-state index contributed by atoms with van der Waals surface area (Å²) in [6, 6.07) is 5.86. The van der Waals surface area contributed by atoms with E-state index in [9.17, 15) is 14.0 Å². The van der Waals surface area contributed by atoms with E-state index in [0.717, 1.165) is 35.3 Å². The molecule has 0 radical (unpaired) electrons. The van der Waals surface area contributed by atoms with Crippen LogP contribution in [-0.4, -0.2) is 18.5 Å². The molecule has 1 aromatic carbocycles. The Morgan fingerprint density at radius 2 is 2.07 bits per heavy atom. The second-order valence-electron chi connectivity index (χ2n) is 6.53. The standard InChI is InChI=1S/C21H22FNO3S/c1-3-26-21(25)19-18-13(2)5-4-6-16(18)27-20(19)23-17(24)12-9-14-7-10-15(22)11-8-14/h7-13H,3-6H2,1-2H3,(H,23,24)/b12-9+. The Morgan fingerprint density at radius 1 is 1.33 bits per heavy atom. The van der Waals surface area contributed by atoms with E-state index in [1.54, 1.807) is 25.1 Å². The van der Waals surface area contributed by atoms with Gasteiger partial charge in [-0.2, -0.15) is 0 Å². The third-order valence-corrected chi connectivity index (χ3v) is 5.75. The number of amides is 1. The summed E-state index contributed by atoms with van der Waals surface area (Å²) in [5, 5.41) is 3.37. The van der Waals surface area contributed by atoms with Crippen molar-refractivity contribution < 1.29 is 18.7 Å². The average Bonchev–Trinajstić information content (AvgIpc) is 3.01. The first-order chi connectivity index (χ1) is 13.0. The third kappa shape index (κ3) is 4.45. The summed E-state index contributed by atoms with van der Waals surface area (Å²) in [7, 11) is 0. The summed E-state index contributed by atoms with van der Waals surface area (Å²) in [6.45, 7) is 4.16. The van der Waals surface area contributed by atoms with Gasteiger partial charge in [0, 0.05) is 11.0 Å². The minimum atomic E-state index is -0.387. The summed E-state index contributed by atoms with van der Waals surface area (Å²) < 4.78 is 18.2. The molecule has 0 saturated carbocycles. The molecule has 1 N–H and O–H groups in total. The lowest BCUT2D eigenvalue weighted by Gasteiger charge is -2.19. The molecule has 1 aliphatic carbocycles. The molecule has 3 rings (SSSR count). The largest absolute Gasteiger partial charge is 0.462 e. The monoisotopic (exact) mass is 387 g/mol. The fraction of sp³-hybridized carbons (Fsp3) is 0.333. The summed E-state index contributed by atoms with van der Waals surface area (Å²) in [5.74, 6) is -0.781. The van der Waals surface area contributed by atoms with Crippen molar-refractivity contribution in [3.8, 4) is 0 Å². The number of hydrogen-bond acceptors (Lipinski definition) is 4. The minimum Gasteiger partial charge on any atom is -0.462 e. The quantitative estimate of drug-likeness (QED) is 0.570. The molecule has 0 spiro atoms. The van der Waals surface area contributed by atoms with Gasteiger partial charge in [0.15, 0.2) is 0 Å². The Labute approximate surface area is 162 Å². The number of nitrogens with one attached hydrogen (secondary N) is 1. The van der Waals surface area contributed by atoms with Gasteiger partial charge < -0.3 is 10.1 Å². The van der Waals surface area contributed by atoms with Crippen molar-refractivity contribution in [3.63, 3.8) is 0 Å². The molecular weight excluding hydrogens is 365 g/mol. The number of esters is 1. The van der Waals surface area contributed by atoms with Crippen LogP contribution in [0.2, 0.25) is 0 Å². The zero-order valence-electron chi connectivity index (χ0n) is 15.4. The first-order valence-corrected chi connectivity index (χ1v) is 9.88. The highest BCUT2D eigenvalue weighted by Crippen LogP contribution is 2.43. The van der Waals surface area contributed by atoms with E-state index in [0.29, 0.717) is 10.6 Å². The molecule has 0 bridgehead atoms. The SMILES string of the molecule is CCOC(=O)c1c(NC(=O)/C=C/c2ccc(F)cc2)sc2c1C(C)CCC2. The van der Waals surface area contributed by atoms with Crippen LogP contribution in [0.15, 0.2) is 30.3 Å². The van der Waals surface area contributed by atoms with Gasteiger partial charge in [-0.3, -0.25) is 4.79 Å². The second-order valence-corrected chi connectivity index (χ2v) is 7.64. The summed E-state index contributed by atoms with van der Waals surface area (Å²) >= 11 is 1.46. The zero-order valence-corrected chi connectivity index (χ0v) is 16.2. The van der Waals surface area contributed by atoms with Crippen molar-refractivity contribution in [1.29, 1.82) is 0 Å². The van der Waals surface area contributed by atoms with Crippen LogP contribution in [0.4, 0.5) is 9.39 Å². The van der Waals surface area contributed by atoms with Crippen LogP contribution in [0.5, 0.6) is 0 Å². The molecule has 142 valence electrons. The highest BCUT2D eigenvalue weighted by molar-refractivity contribution is 7.17. The van der Waals surface area contributed by atoms with E-state index in [1.165, 1.54) is 29.5 Å². The van der Waals surface area contributed by atoms with E-state index in [4.69, 9.17) is 4.74 Å². The number of fused-ring (bicyclic) bond motifs is 1. The topological polar surface area (TPSA) is 55.4 Å². The highest BCUT2D eigenvalue weighted by Gasteiger charge is 2.30. The number of carbonyl (C=O) groups is 2. The lowest BCUT2D eigenvalue weighted by molar-refractivity contribution is -0.111. The molecule has 1 unspecified atom stereocenters. The second kappa shape index (κ2) is 8.48. The Kier molecular flexibility index (Phi) is 6.06. The van der Waals surface area contributed by atoms with Gasteiger partial charge in [-0.1, -0.05) is 19.1 Å². The molecule has 1 atom stereocenters. The number of hydrogen-bond donors (Lipinski definition) is 1. The molecule has 4 nitrogen and oxygen atoms in total. The number of carbonyl (C=O) groups excluding carboxylic acids is 2. The Morgan fingerprint density at radius 3 is 2.78 bits per heavy atom. The van der Waals surface area contributed by atoms with Gasteiger partial charge >= 0.3 is 5.97 Å². The molecular formula is C21H22FNO3S. The molecule has 1 heterocycles. The molecule has 6 heteroatoms. The number of benzene rings is 1. The van der Waals surface area contributed by atoms with Crippen LogP contribution < -0.4 is 5.32 Å². The maximum atomic E-state index is 13.0. The predicted octanol–water partition coefficient (Wildman–Crippen LogP) is 5.16. The maximum Gasteiger partial charge on any atom is 0.341 e. The van der Waals surface area contributed by atoms with Gasteiger partial charge in [-0.25, -0.2) is 9.18 Å². The van der Waals surface area contributed by atoms with Gasteiger partial charge in [0.2, 0.25) is 5.91 Å². The van der Waals surface area contributed by atoms with Gasteiger partial charge in [0.1, 0.15) is 10.8 Å². The summed E-state index contributed by atoms with van der Waals surface area (Å²) in [5.41, 5.74) is 2.23.